The molecule has 0 aromatic heterocycles. The molecule has 1 atom stereocenters. The predicted molar refractivity (Wildman–Crippen MR) is 117 cm³/mol. The van der Waals surface area contributed by atoms with Crippen LogP contribution in [0.5, 0.6) is 0 Å². The molecule has 0 radical (unpaired) electrons. The minimum absolute atomic E-state index is 0.307. The second-order valence-corrected chi connectivity index (χ2v) is 12.7. The van der Waals surface area contributed by atoms with Gasteiger partial charge in [-0.3, -0.25) is 0 Å². The summed E-state index contributed by atoms with van der Waals surface area (Å²) in [6.07, 6.45) is 2.35. The van der Waals surface area contributed by atoms with E-state index in [1.54, 1.807) is 0 Å². The molecule has 0 saturated heterocycles. The summed E-state index contributed by atoms with van der Waals surface area (Å²) in [7, 11) is 7.04. The van der Waals surface area contributed by atoms with Crippen LogP contribution in [0.2, 0.25) is 18.1 Å². The van der Waals surface area contributed by atoms with E-state index in [9.17, 15) is 0 Å². The SMILES string of the molecule is CCO[Si](CC)(CCc1ccccc1)CC(CC)(CN(C)C)CN(C)C. The van der Waals surface area contributed by atoms with E-state index in [1.165, 1.54) is 30.1 Å². The molecule has 0 aliphatic heterocycles. The first-order valence-electron chi connectivity index (χ1n) is 10.3. The highest BCUT2D eigenvalue weighted by Gasteiger charge is 2.42. The Bertz CT molecular complexity index is 482. The van der Waals surface area contributed by atoms with Crippen LogP contribution >= 0.6 is 0 Å². The van der Waals surface area contributed by atoms with Crippen molar-refractivity contribution in [1.82, 2.24) is 9.80 Å². The lowest BCUT2D eigenvalue weighted by molar-refractivity contribution is 0.147. The third kappa shape index (κ3) is 7.51. The molecule has 150 valence electrons. The summed E-state index contributed by atoms with van der Waals surface area (Å²) in [6.45, 7) is 10.0. The molecule has 0 bridgehead atoms. The quantitative estimate of drug-likeness (QED) is 0.461. The highest BCUT2D eigenvalue weighted by atomic mass is 28.4. The van der Waals surface area contributed by atoms with Crippen molar-refractivity contribution in [3.63, 3.8) is 0 Å². The summed E-state index contributed by atoms with van der Waals surface area (Å²) >= 11 is 0. The predicted octanol–water partition coefficient (Wildman–Crippen LogP) is 4.75. The highest BCUT2D eigenvalue weighted by Crippen LogP contribution is 2.39. The van der Waals surface area contributed by atoms with Crippen LogP contribution in [0.1, 0.15) is 32.8 Å². The standard InChI is InChI=1S/C22H42N2OSi/c1-8-22(18-23(4)5,19-24(6)7)20-26(10-3,25-9-2)17-16-21-14-12-11-13-15-21/h11-15H,8-10,16-20H2,1-7H3. The van der Waals surface area contributed by atoms with Gasteiger partial charge in [0, 0.05) is 19.7 Å². The molecule has 26 heavy (non-hydrogen) atoms. The average molecular weight is 379 g/mol. The van der Waals surface area contributed by atoms with Crippen molar-refractivity contribution < 1.29 is 4.43 Å². The van der Waals surface area contributed by atoms with Crippen LogP contribution in [-0.2, 0) is 10.8 Å². The van der Waals surface area contributed by atoms with Crippen molar-refractivity contribution in [3.05, 3.63) is 35.9 Å². The van der Waals surface area contributed by atoms with Gasteiger partial charge >= 0.3 is 0 Å². The minimum Gasteiger partial charge on any atom is -0.417 e. The number of hydrogen-bond donors (Lipinski definition) is 0. The van der Waals surface area contributed by atoms with Gasteiger partial charge in [-0.2, -0.15) is 0 Å². The lowest BCUT2D eigenvalue weighted by atomic mass is 9.86. The molecular weight excluding hydrogens is 336 g/mol. The van der Waals surface area contributed by atoms with Crippen molar-refractivity contribution in [2.75, 3.05) is 47.9 Å². The molecule has 1 aromatic rings. The number of hydrogen-bond acceptors (Lipinski definition) is 3. The maximum Gasteiger partial charge on any atom is 0.193 e. The largest absolute Gasteiger partial charge is 0.417 e. The van der Waals surface area contributed by atoms with Crippen molar-refractivity contribution >= 4 is 8.32 Å². The topological polar surface area (TPSA) is 15.7 Å². The van der Waals surface area contributed by atoms with E-state index in [2.05, 4.69) is 89.1 Å². The van der Waals surface area contributed by atoms with Crippen LogP contribution in [0.4, 0.5) is 0 Å². The lowest BCUT2D eigenvalue weighted by Gasteiger charge is -2.44. The molecule has 0 spiro atoms. The summed E-state index contributed by atoms with van der Waals surface area (Å²) in [5.41, 5.74) is 1.75. The van der Waals surface area contributed by atoms with Gasteiger partial charge in [0.25, 0.3) is 0 Å². The van der Waals surface area contributed by atoms with Crippen molar-refractivity contribution in [2.24, 2.45) is 5.41 Å². The summed E-state index contributed by atoms with van der Waals surface area (Å²) < 4.78 is 6.62. The van der Waals surface area contributed by atoms with Gasteiger partial charge in [0.05, 0.1) is 0 Å². The molecule has 3 nitrogen and oxygen atoms in total. The third-order valence-electron chi connectivity index (χ3n) is 5.56. The maximum atomic E-state index is 6.62. The molecule has 0 amide bonds. The van der Waals surface area contributed by atoms with Gasteiger partial charge < -0.3 is 14.2 Å². The molecule has 4 heteroatoms. The van der Waals surface area contributed by atoms with Crippen molar-refractivity contribution in [1.29, 1.82) is 0 Å². The fraction of sp³-hybridized carbons (Fsp3) is 0.727. The van der Waals surface area contributed by atoms with Crippen molar-refractivity contribution in [2.45, 2.75) is 51.7 Å². The zero-order valence-electron chi connectivity index (χ0n) is 18.3. The van der Waals surface area contributed by atoms with Gasteiger partial charge in [0.2, 0.25) is 0 Å². The Morgan fingerprint density at radius 1 is 0.923 bits per heavy atom. The molecular formula is C22H42N2OSi. The smallest absolute Gasteiger partial charge is 0.193 e. The Labute approximate surface area is 163 Å². The highest BCUT2D eigenvalue weighted by molar-refractivity contribution is 6.74. The Kier molecular flexibility index (Phi) is 10.1. The van der Waals surface area contributed by atoms with E-state index in [0.29, 0.717) is 5.41 Å². The fourth-order valence-corrected chi connectivity index (χ4v) is 8.90. The van der Waals surface area contributed by atoms with E-state index >= 15 is 0 Å². The molecule has 0 fully saturated rings. The molecule has 1 unspecified atom stereocenters. The fourth-order valence-electron chi connectivity index (χ4n) is 4.47. The maximum absolute atomic E-state index is 6.62. The molecule has 1 aromatic carbocycles. The van der Waals surface area contributed by atoms with E-state index in [1.807, 2.05) is 0 Å². The first-order valence-corrected chi connectivity index (χ1v) is 12.8. The van der Waals surface area contributed by atoms with Gasteiger partial charge in [-0.15, -0.1) is 0 Å². The second kappa shape index (κ2) is 11.2. The van der Waals surface area contributed by atoms with Crippen LogP contribution in [0.25, 0.3) is 0 Å². The molecule has 1 rings (SSSR count). The van der Waals surface area contributed by atoms with Gasteiger partial charge in [0.15, 0.2) is 8.32 Å². The first-order chi connectivity index (χ1) is 12.3. The van der Waals surface area contributed by atoms with Gasteiger partial charge in [-0.1, -0.05) is 44.2 Å². The van der Waals surface area contributed by atoms with Crippen LogP contribution in [0.3, 0.4) is 0 Å². The molecule has 0 saturated carbocycles. The third-order valence-corrected chi connectivity index (χ3v) is 10.3. The summed E-state index contributed by atoms with van der Waals surface area (Å²) in [5, 5.41) is 0. The normalized spacial score (nSPS) is 14.8. The van der Waals surface area contributed by atoms with Crippen LogP contribution in [0.15, 0.2) is 30.3 Å². The van der Waals surface area contributed by atoms with Gasteiger partial charge in [-0.25, -0.2) is 0 Å². The zero-order valence-corrected chi connectivity index (χ0v) is 19.3. The van der Waals surface area contributed by atoms with Crippen molar-refractivity contribution in [3.8, 4) is 0 Å². The number of nitrogens with zero attached hydrogens (tertiary/aromatic N) is 2. The van der Waals surface area contributed by atoms with E-state index in [4.69, 9.17) is 4.43 Å². The Hall–Kier alpha value is -0.683. The second-order valence-electron chi connectivity index (χ2n) is 8.46. The van der Waals surface area contributed by atoms with Gasteiger partial charge in [-0.05, 0) is 77.1 Å². The van der Waals surface area contributed by atoms with E-state index < -0.39 is 8.32 Å². The van der Waals surface area contributed by atoms with E-state index in [0.717, 1.165) is 26.1 Å². The number of benzene rings is 1. The van der Waals surface area contributed by atoms with Gasteiger partial charge in [0.1, 0.15) is 0 Å². The van der Waals surface area contributed by atoms with Crippen LogP contribution in [-0.4, -0.2) is 66.0 Å². The van der Waals surface area contributed by atoms with Crippen LogP contribution < -0.4 is 0 Å². The molecule has 0 aliphatic rings. The monoisotopic (exact) mass is 378 g/mol. The van der Waals surface area contributed by atoms with E-state index in [-0.39, 0.29) is 0 Å². The van der Waals surface area contributed by atoms with Crippen LogP contribution in [0, 0.1) is 5.41 Å². The Balaban J connectivity index is 3.05. The lowest BCUT2D eigenvalue weighted by Crippen LogP contribution is -2.50. The Morgan fingerprint density at radius 3 is 1.92 bits per heavy atom. The zero-order chi connectivity index (χ0) is 19.6. The molecule has 0 aliphatic carbocycles. The summed E-state index contributed by atoms with van der Waals surface area (Å²) in [6, 6.07) is 14.6. The average Bonchev–Trinajstić information content (AvgIpc) is 2.59. The number of aryl methyl sites for hydroxylation is 1. The molecule has 0 N–H and O–H groups in total. The Morgan fingerprint density at radius 2 is 1.50 bits per heavy atom. The first kappa shape index (κ1) is 23.4. The number of rotatable bonds is 13. The minimum atomic E-state index is -1.80. The summed E-state index contributed by atoms with van der Waals surface area (Å²) in [5.74, 6) is 0. The summed E-state index contributed by atoms with van der Waals surface area (Å²) in [4.78, 5) is 4.73. The molecule has 0 heterocycles.